The lowest BCUT2D eigenvalue weighted by Crippen LogP contribution is -2.01. The van der Waals surface area contributed by atoms with Gasteiger partial charge >= 0.3 is 5.51 Å². The van der Waals surface area contributed by atoms with Crippen LogP contribution in [0.25, 0.3) is 0 Å². The molecule has 0 aliphatic heterocycles. The van der Waals surface area contributed by atoms with Crippen LogP contribution in [0.15, 0.2) is 40.5 Å². The lowest BCUT2D eigenvalue weighted by Gasteiger charge is -2.07. The molecule has 20 heavy (non-hydrogen) atoms. The van der Waals surface area contributed by atoms with E-state index in [1.807, 2.05) is 0 Å². The number of nitrogens with two attached hydrogens (primary N) is 1. The first-order valence-electron chi connectivity index (χ1n) is 5.56. The van der Waals surface area contributed by atoms with Gasteiger partial charge in [0.2, 0.25) is 5.95 Å². The maximum Gasteiger partial charge on any atom is 0.446 e. The highest BCUT2D eigenvalue weighted by atomic mass is 32.2. The summed E-state index contributed by atoms with van der Waals surface area (Å²) in [5, 5.41) is 4.01. The SMILES string of the molecule is Cc1cn(N=Cc2ccccc2SC(F)(F)F)c(N)n1. The van der Waals surface area contributed by atoms with E-state index >= 15 is 0 Å². The first-order valence-corrected chi connectivity index (χ1v) is 6.37. The minimum absolute atomic E-state index is 0.0826. The Morgan fingerprint density at radius 2 is 2.05 bits per heavy atom. The first kappa shape index (κ1) is 14.4. The highest BCUT2D eigenvalue weighted by Gasteiger charge is 2.30. The second-order valence-corrected chi connectivity index (χ2v) is 5.02. The number of benzene rings is 1. The van der Waals surface area contributed by atoms with Crippen LogP contribution >= 0.6 is 11.8 Å². The third kappa shape index (κ3) is 3.77. The third-order valence-electron chi connectivity index (χ3n) is 2.30. The summed E-state index contributed by atoms with van der Waals surface area (Å²) in [5.74, 6) is 0.180. The number of alkyl halides is 3. The fourth-order valence-electron chi connectivity index (χ4n) is 1.53. The van der Waals surface area contributed by atoms with Crippen molar-refractivity contribution in [2.45, 2.75) is 17.3 Å². The van der Waals surface area contributed by atoms with E-state index in [9.17, 15) is 13.2 Å². The minimum Gasteiger partial charge on any atom is -0.368 e. The van der Waals surface area contributed by atoms with Gasteiger partial charge in [-0.1, -0.05) is 18.2 Å². The molecule has 0 fully saturated rings. The van der Waals surface area contributed by atoms with Crippen LogP contribution in [0.5, 0.6) is 0 Å². The Hall–Kier alpha value is -1.96. The van der Waals surface area contributed by atoms with Crippen LogP contribution in [0.1, 0.15) is 11.3 Å². The largest absolute Gasteiger partial charge is 0.446 e. The van der Waals surface area contributed by atoms with Crippen LogP contribution in [0, 0.1) is 6.92 Å². The molecule has 0 unspecified atom stereocenters. The summed E-state index contributed by atoms with van der Waals surface area (Å²) in [5.41, 5.74) is 2.30. The molecule has 0 spiro atoms. The van der Waals surface area contributed by atoms with Crippen LogP contribution in [0.3, 0.4) is 0 Å². The number of hydrogen-bond acceptors (Lipinski definition) is 4. The number of aryl methyl sites for hydroxylation is 1. The van der Waals surface area contributed by atoms with E-state index in [1.54, 1.807) is 31.3 Å². The zero-order valence-corrected chi connectivity index (χ0v) is 11.2. The molecule has 1 heterocycles. The first-order chi connectivity index (χ1) is 9.35. The molecule has 4 nitrogen and oxygen atoms in total. The molecule has 0 saturated heterocycles. The summed E-state index contributed by atoms with van der Waals surface area (Å²) < 4.78 is 38.6. The number of halogens is 3. The van der Waals surface area contributed by atoms with Gasteiger partial charge in [-0.3, -0.25) is 0 Å². The fourth-order valence-corrected chi connectivity index (χ4v) is 2.16. The van der Waals surface area contributed by atoms with Crippen molar-refractivity contribution in [3.8, 4) is 0 Å². The summed E-state index contributed by atoms with van der Waals surface area (Å²) >= 11 is -0.175. The number of nitrogen functional groups attached to an aromatic ring is 1. The molecule has 106 valence electrons. The van der Waals surface area contributed by atoms with Gasteiger partial charge in [0, 0.05) is 10.5 Å². The smallest absolute Gasteiger partial charge is 0.368 e. The topological polar surface area (TPSA) is 56.2 Å². The number of hydrogen-bond donors (Lipinski definition) is 1. The predicted octanol–water partition coefficient (Wildman–Crippen LogP) is 3.27. The van der Waals surface area contributed by atoms with E-state index in [4.69, 9.17) is 5.73 Å². The maximum atomic E-state index is 12.4. The second-order valence-electron chi connectivity index (χ2n) is 3.92. The Balaban J connectivity index is 2.27. The average molecular weight is 300 g/mol. The van der Waals surface area contributed by atoms with Crippen molar-refractivity contribution in [2.75, 3.05) is 5.73 Å². The average Bonchev–Trinajstić information content (AvgIpc) is 2.65. The summed E-state index contributed by atoms with van der Waals surface area (Å²) in [6.07, 6.45) is 2.91. The lowest BCUT2D eigenvalue weighted by atomic mass is 10.2. The quantitative estimate of drug-likeness (QED) is 0.699. The van der Waals surface area contributed by atoms with Gasteiger partial charge in [-0.15, -0.1) is 0 Å². The molecule has 0 bridgehead atoms. The molecule has 0 aliphatic carbocycles. The summed E-state index contributed by atoms with van der Waals surface area (Å²) in [6.45, 7) is 1.75. The van der Waals surface area contributed by atoms with Crippen LogP contribution < -0.4 is 5.73 Å². The third-order valence-corrected chi connectivity index (χ3v) is 3.12. The Bertz CT molecular complexity index is 634. The van der Waals surface area contributed by atoms with Crippen LogP contribution in [0.4, 0.5) is 19.1 Å². The van der Waals surface area contributed by atoms with Crippen molar-refractivity contribution in [2.24, 2.45) is 5.10 Å². The second kappa shape index (κ2) is 5.58. The van der Waals surface area contributed by atoms with Crippen LogP contribution in [0.2, 0.25) is 0 Å². The summed E-state index contributed by atoms with van der Waals surface area (Å²) in [6, 6.07) is 6.13. The van der Waals surface area contributed by atoms with Gasteiger partial charge in [0.1, 0.15) is 0 Å². The minimum atomic E-state index is -4.34. The van der Waals surface area contributed by atoms with E-state index in [2.05, 4.69) is 10.1 Å². The maximum absolute atomic E-state index is 12.4. The van der Waals surface area contributed by atoms with E-state index < -0.39 is 5.51 Å². The fraction of sp³-hybridized carbons (Fsp3) is 0.167. The molecular formula is C12H11F3N4S. The molecule has 2 aromatic rings. The molecule has 0 radical (unpaired) electrons. The number of anilines is 1. The van der Waals surface area contributed by atoms with Crippen molar-refractivity contribution >= 4 is 23.9 Å². The van der Waals surface area contributed by atoms with E-state index in [0.717, 1.165) is 0 Å². The van der Waals surface area contributed by atoms with Gasteiger partial charge in [-0.2, -0.15) is 18.3 Å². The molecular weight excluding hydrogens is 289 g/mol. The standard InChI is InChI=1S/C12H11F3N4S/c1-8-7-19(11(16)18-8)17-6-9-4-2-3-5-10(9)20-12(13,14)15/h2-7H,1H3,(H2,16,18). The van der Waals surface area contributed by atoms with Crippen molar-refractivity contribution in [3.63, 3.8) is 0 Å². The molecule has 2 N–H and O–H groups in total. The number of rotatable bonds is 3. The van der Waals surface area contributed by atoms with E-state index in [-0.39, 0.29) is 22.6 Å². The lowest BCUT2D eigenvalue weighted by molar-refractivity contribution is -0.0328. The summed E-state index contributed by atoms with van der Waals surface area (Å²) in [4.78, 5) is 4.03. The van der Waals surface area contributed by atoms with Crippen molar-refractivity contribution < 1.29 is 13.2 Å². The highest BCUT2D eigenvalue weighted by Crippen LogP contribution is 2.37. The predicted molar refractivity (Wildman–Crippen MR) is 72.7 cm³/mol. The molecule has 0 aliphatic rings. The van der Waals surface area contributed by atoms with E-state index in [0.29, 0.717) is 11.3 Å². The zero-order valence-electron chi connectivity index (χ0n) is 10.4. The Kier molecular flexibility index (Phi) is 4.03. The van der Waals surface area contributed by atoms with Crippen LogP contribution in [-0.4, -0.2) is 21.4 Å². The molecule has 1 aromatic heterocycles. The summed E-state index contributed by atoms with van der Waals surface area (Å²) in [7, 11) is 0. The molecule has 2 rings (SSSR count). The van der Waals surface area contributed by atoms with Crippen LogP contribution in [-0.2, 0) is 0 Å². The van der Waals surface area contributed by atoms with Gasteiger partial charge < -0.3 is 5.73 Å². The van der Waals surface area contributed by atoms with Gasteiger partial charge in [0.05, 0.1) is 18.1 Å². The van der Waals surface area contributed by atoms with Crippen molar-refractivity contribution in [1.29, 1.82) is 0 Å². The Morgan fingerprint density at radius 3 is 2.65 bits per heavy atom. The van der Waals surface area contributed by atoms with Crippen molar-refractivity contribution in [3.05, 3.63) is 41.7 Å². The number of nitrogens with zero attached hydrogens (tertiary/aromatic N) is 3. The Morgan fingerprint density at radius 1 is 1.35 bits per heavy atom. The molecule has 0 saturated carbocycles. The zero-order chi connectivity index (χ0) is 14.8. The van der Waals surface area contributed by atoms with Gasteiger partial charge in [0.25, 0.3) is 0 Å². The van der Waals surface area contributed by atoms with Crippen molar-refractivity contribution in [1.82, 2.24) is 9.66 Å². The van der Waals surface area contributed by atoms with E-state index in [1.165, 1.54) is 17.0 Å². The molecule has 0 amide bonds. The normalized spacial score (nSPS) is 12.2. The molecule has 8 heteroatoms. The van der Waals surface area contributed by atoms with Gasteiger partial charge in [0.15, 0.2) is 0 Å². The van der Waals surface area contributed by atoms with Gasteiger partial charge in [-0.05, 0) is 24.8 Å². The molecule has 0 atom stereocenters. The number of thioether (sulfide) groups is 1. The monoisotopic (exact) mass is 300 g/mol. The highest BCUT2D eigenvalue weighted by molar-refractivity contribution is 8.00. The van der Waals surface area contributed by atoms with Gasteiger partial charge in [-0.25, -0.2) is 9.66 Å². The number of imidazole rings is 1. The molecule has 1 aromatic carbocycles. The Labute approximate surface area is 117 Å². The number of aromatic nitrogens is 2.